The molecule has 0 atom stereocenters. The molecule has 0 aliphatic rings. The minimum absolute atomic E-state index is 0.792. The van der Waals surface area contributed by atoms with Gasteiger partial charge in [0, 0.05) is 117 Å². The van der Waals surface area contributed by atoms with E-state index < -0.39 is 14.3 Å². The molecule has 0 saturated heterocycles. The molecule has 6 aromatic heterocycles. The van der Waals surface area contributed by atoms with Gasteiger partial charge in [-0.1, -0.05) is 415 Å². The van der Waals surface area contributed by atoms with E-state index in [2.05, 4.69) is 338 Å². The Bertz CT molecular complexity index is 9290. The van der Waals surface area contributed by atoms with E-state index in [-0.39, 0.29) is 0 Å². The van der Waals surface area contributed by atoms with Crippen molar-refractivity contribution in [3.8, 4) is 73.1 Å². The smallest absolute Gasteiger partial charge is 0.171 e. The third-order valence-corrected chi connectivity index (χ3v) is 33.8. The van der Waals surface area contributed by atoms with Gasteiger partial charge in [0.25, 0.3) is 0 Å². The average Bonchev–Trinajstić information content (AvgIpc) is 1.62. The lowest BCUT2D eigenvalue weighted by atomic mass is 9.92. The van der Waals surface area contributed by atoms with E-state index in [1.807, 2.05) is 170 Å². The van der Waals surface area contributed by atoms with E-state index >= 15 is 4.57 Å². The third kappa shape index (κ3) is 15.2. The van der Waals surface area contributed by atoms with Gasteiger partial charge in [0.2, 0.25) is 0 Å². The van der Waals surface area contributed by atoms with Gasteiger partial charge in [0.15, 0.2) is 14.3 Å². The van der Waals surface area contributed by atoms with Gasteiger partial charge in [-0.05, 0) is 139 Å². The van der Waals surface area contributed by atoms with Crippen molar-refractivity contribution in [2.75, 3.05) is 0 Å². The Kier molecular flexibility index (Phi) is 22.5. The van der Waals surface area contributed by atoms with Gasteiger partial charge in [-0.15, -0.1) is 0 Å². The highest BCUT2D eigenvalue weighted by Crippen LogP contribution is 2.48. The summed E-state index contributed by atoms with van der Waals surface area (Å²) in [5.74, 6) is 3.07. The van der Waals surface area contributed by atoms with Crippen molar-refractivity contribution in [2.45, 2.75) is 40.0 Å². The lowest BCUT2D eigenvalue weighted by Crippen LogP contribution is -2.24. The van der Waals surface area contributed by atoms with Gasteiger partial charge < -0.3 is 9.13 Å². The number of nitrogens with zero attached hydrogens (tertiary/aromatic N) is 9. The molecule has 0 saturated carbocycles. The quantitative estimate of drug-likeness (QED) is 0.0652. The van der Waals surface area contributed by atoms with E-state index in [0.717, 1.165) is 223 Å². The topological polar surface area (TPSA) is 126 Å². The van der Waals surface area contributed by atoms with Crippen molar-refractivity contribution in [1.29, 1.82) is 0 Å². The van der Waals surface area contributed by atoms with Crippen molar-refractivity contribution in [2.24, 2.45) is 0 Å². The second-order valence-corrected chi connectivity index (χ2v) is 41.2. The van der Waals surface area contributed by atoms with E-state index in [0.29, 0.717) is 0 Å². The van der Waals surface area contributed by atoms with Gasteiger partial charge in [-0.2, -0.15) is 0 Å². The normalized spacial score (nSPS) is 11.8. The lowest BCUT2D eigenvalue weighted by Gasteiger charge is -2.20. The molecule has 0 amide bonds. The predicted molar refractivity (Wildman–Crippen MR) is 591 cm³/mol. The summed E-state index contributed by atoms with van der Waals surface area (Å²) in [5.41, 5.74) is 22.7. The first-order valence-electron chi connectivity index (χ1n) is 48.2. The Balaban J connectivity index is 0.000000115. The van der Waals surface area contributed by atoms with Crippen LogP contribution >= 0.6 is 14.3 Å². The summed E-state index contributed by atoms with van der Waals surface area (Å²) >= 11 is 0. The number of pyridine rings is 3. The minimum atomic E-state index is -3.09. The highest BCUT2D eigenvalue weighted by molar-refractivity contribution is 7.85. The standard InChI is InChI=1S/C46H34N3OP.C42H29N3.C40H30N3OP/c1-2-43-48-46-42(49(43)35-14-6-3-7-15-35)31-30-40-39-20-12-13-21-41(39)47-45(44(40)46)34-24-22-32(23-25-34)33-26-28-38(29-27-33)51(50,36-16-8-4-9-17-36)37-18-10-5-11-19-37;1-2-39-44-42-38(45(39)30-13-4-3-5-14-30)25-24-35-34-18-10-11-19-37(34)43-41(40(35)42)28-22-20-27(21-23-28)36-26-29-12-6-7-15-31(29)32-16-8-9-17-33(32)36;1-2-37-42-40-36(43(37)29-14-6-3-7-15-29)27-26-34-33-20-12-13-21-35(33)41-39(38(34)40)28-22-24-32(25-23-28)45(44,30-16-8-4-9-17-30)31-18-10-5-11-19-31/h3-31H,2H2,1H3;3-26H,2H2,1H3;3-27H,2H2,1H3. The summed E-state index contributed by atoms with van der Waals surface area (Å²) < 4.78 is 36.7. The van der Waals surface area contributed by atoms with Crippen molar-refractivity contribution < 1.29 is 9.13 Å². The maximum atomic E-state index is 15.0. The number of para-hydroxylation sites is 6. The molecule has 0 unspecified atom stereocenters. The molecule has 26 rings (SSSR count). The second kappa shape index (κ2) is 36.7. The van der Waals surface area contributed by atoms with Crippen LogP contribution < -0.4 is 31.8 Å². The highest BCUT2D eigenvalue weighted by atomic mass is 31.2. The van der Waals surface area contributed by atoms with Gasteiger partial charge in [0.1, 0.15) is 17.5 Å². The molecule has 0 spiro atoms. The fraction of sp³-hybridized carbons (Fsp3) is 0.0469. The van der Waals surface area contributed by atoms with Crippen LogP contribution in [0, 0.1) is 0 Å². The number of fused-ring (bicyclic) bond motifs is 18. The van der Waals surface area contributed by atoms with Crippen LogP contribution in [0.5, 0.6) is 0 Å². The highest BCUT2D eigenvalue weighted by Gasteiger charge is 2.33. The summed E-state index contributed by atoms with van der Waals surface area (Å²) in [6, 6.07) is 163. The Labute approximate surface area is 816 Å². The maximum absolute atomic E-state index is 15.0. The summed E-state index contributed by atoms with van der Waals surface area (Å²) in [7, 11) is -6.13. The first-order chi connectivity index (χ1) is 69.6. The first kappa shape index (κ1) is 86.6. The largest absolute Gasteiger partial charge is 0.309 e. The first-order valence-corrected chi connectivity index (χ1v) is 51.6. The molecule has 0 N–H and O–H groups in total. The Morgan fingerprint density at radius 1 is 0.206 bits per heavy atom. The van der Waals surface area contributed by atoms with Crippen LogP contribution in [0.25, 0.3) is 193 Å². The Hall–Kier alpha value is -17.2. The van der Waals surface area contributed by atoms with Crippen molar-refractivity contribution >= 4 is 166 Å². The number of aromatic nitrogens is 9. The second-order valence-electron chi connectivity index (χ2n) is 35.7. The molecular formula is C128H93N9O2P2. The van der Waals surface area contributed by atoms with Gasteiger partial charge in [-0.3, -0.25) is 13.7 Å². The lowest BCUT2D eigenvalue weighted by molar-refractivity contribution is 0.591. The summed E-state index contributed by atoms with van der Waals surface area (Å²) in [6.07, 6.45) is 2.43. The maximum Gasteiger partial charge on any atom is 0.171 e. The van der Waals surface area contributed by atoms with Crippen LogP contribution in [0.2, 0.25) is 0 Å². The SMILES string of the molecule is CCc1nc2c3c(-c4ccc(-c5cc6ccccc6c6ccccc56)cc4)nc4ccccc4c3ccc2n1-c1ccccc1.CCc1nc2c3c(-c4ccc(-c5ccc(P(=O)(c6ccccc6)c6ccccc6)cc5)cc4)nc4ccccc4c3ccc2n1-c1ccccc1.CCc1nc2c3c(-c4ccc(P(=O)(c5ccccc5)c5ccccc5)cc4)nc4ccccc4c3ccc2n1-c1ccccc1. The predicted octanol–water partition coefficient (Wildman–Crippen LogP) is 29.8. The van der Waals surface area contributed by atoms with Crippen LogP contribution in [0.1, 0.15) is 38.2 Å². The molecule has 0 bridgehead atoms. The van der Waals surface area contributed by atoms with Gasteiger partial charge in [-0.25, -0.2) is 29.9 Å². The van der Waals surface area contributed by atoms with Crippen molar-refractivity contribution in [1.82, 2.24) is 43.6 Å². The van der Waals surface area contributed by atoms with Crippen LogP contribution in [0.15, 0.2) is 473 Å². The number of benzene rings is 20. The zero-order valence-corrected chi connectivity index (χ0v) is 79.7. The summed E-state index contributed by atoms with van der Waals surface area (Å²) in [5, 5.41) is 20.0. The molecule has 0 fully saturated rings. The fourth-order valence-electron chi connectivity index (χ4n) is 20.9. The number of hydrogen-bond donors (Lipinski definition) is 0. The van der Waals surface area contributed by atoms with Crippen LogP contribution in [0.4, 0.5) is 0 Å². The molecule has 20 aromatic carbocycles. The third-order valence-electron chi connectivity index (χ3n) is 27.6. The summed E-state index contributed by atoms with van der Waals surface area (Å²) in [6.45, 7) is 6.48. The average molecular weight is 1850 g/mol. The zero-order valence-electron chi connectivity index (χ0n) is 77.9. The molecule has 672 valence electrons. The van der Waals surface area contributed by atoms with Crippen LogP contribution in [-0.4, -0.2) is 43.6 Å². The number of aryl methyl sites for hydroxylation is 3. The molecule has 141 heavy (non-hydrogen) atoms. The molecular weight excluding hydrogens is 1760 g/mol. The van der Waals surface area contributed by atoms with E-state index in [4.69, 9.17) is 29.9 Å². The minimum Gasteiger partial charge on any atom is -0.309 e. The monoisotopic (exact) mass is 1850 g/mol. The van der Waals surface area contributed by atoms with E-state index in [9.17, 15) is 4.57 Å². The van der Waals surface area contributed by atoms with Crippen LogP contribution in [0.3, 0.4) is 0 Å². The molecule has 11 nitrogen and oxygen atoms in total. The van der Waals surface area contributed by atoms with Gasteiger partial charge >= 0.3 is 0 Å². The fourth-order valence-corrected chi connectivity index (χ4v) is 26.2. The number of hydrogen-bond acceptors (Lipinski definition) is 8. The zero-order chi connectivity index (χ0) is 94.7. The van der Waals surface area contributed by atoms with Crippen molar-refractivity contribution in [3.05, 3.63) is 491 Å². The van der Waals surface area contributed by atoms with Crippen LogP contribution in [-0.2, 0) is 28.4 Å². The number of rotatable bonds is 17. The summed E-state index contributed by atoms with van der Waals surface area (Å²) in [4.78, 5) is 31.6. The molecule has 26 aromatic rings. The molecule has 13 heteroatoms. The Morgan fingerprint density at radius 2 is 0.454 bits per heavy atom. The molecule has 0 radical (unpaired) electrons. The number of imidazole rings is 3. The molecule has 6 heterocycles. The Morgan fingerprint density at radius 3 is 0.780 bits per heavy atom. The molecule has 0 aliphatic heterocycles. The van der Waals surface area contributed by atoms with E-state index in [1.165, 1.54) is 38.1 Å². The molecule has 0 aliphatic carbocycles. The van der Waals surface area contributed by atoms with E-state index in [1.54, 1.807) is 0 Å². The van der Waals surface area contributed by atoms with Crippen molar-refractivity contribution in [3.63, 3.8) is 0 Å². The van der Waals surface area contributed by atoms with Gasteiger partial charge in [0.05, 0.1) is 66.7 Å².